The van der Waals surface area contributed by atoms with E-state index in [4.69, 9.17) is 0 Å². The first-order valence-corrected chi connectivity index (χ1v) is 7.63. The monoisotopic (exact) mass is 305 g/mol. The smallest absolute Gasteiger partial charge is 0.325 e. The summed E-state index contributed by atoms with van der Waals surface area (Å²) in [6, 6.07) is 7.87. The van der Waals surface area contributed by atoms with Gasteiger partial charge in [0.1, 0.15) is 6.54 Å². The van der Waals surface area contributed by atoms with Crippen LogP contribution in [0.5, 0.6) is 0 Å². The third kappa shape index (κ3) is 3.08. The molecule has 0 unspecified atom stereocenters. The van der Waals surface area contributed by atoms with E-state index in [9.17, 15) is 9.59 Å². The Kier molecular flexibility index (Phi) is 4.63. The fraction of sp³-hybridized carbons (Fsp3) is 0.375. The van der Waals surface area contributed by atoms with E-state index in [-0.39, 0.29) is 18.5 Å². The number of methoxy groups -OCH3 is 1. The molecule has 2 rings (SSSR count). The highest BCUT2D eigenvalue weighted by Crippen LogP contribution is 2.31. The Balaban J connectivity index is 2.39. The molecule has 1 aromatic heterocycles. The van der Waals surface area contributed by atoms with Crippen LogP contribution in [0.2, 0.25) is 0 Å². The lowest BCUT2D eigenvalue weighted by Gasteiger charge is -2.25. The van der Waals surface area contributed by atoms with Gasteiger partial charge in [0.15, 0.2) is 0 Å². The van der Waals surface area contributed by atoms with Gasteiger partial charge >= 0.3 is 5.97 Å². The molecule has 1 aromatic carbocycles. The number of ether oxygens (including phenoxy) is 1. The van der Waals surface area contributed by atoms with E-state index in [1.165, 1.54) is 18.4 Å². The number of thiophene rings is 1. The minimum absolute atomic E-state index is 0.0271. The van der Waals surface area contributed by atoms with E-state index in [0.29, 0.717) is 4.88 Å². The molecule has 0 saturated carbocycles. The number of esters is 1. The lowest BCUT2D eigenvalue weighted by atomic mass is 10.1. The number of amides is 1. The largest absolute Gasteiger partial charge is 0.468 e. The van der Waals surface area contributed by atoms with Crippen LogP contribution < -0.4 is 0 Å². The van der Waals surface area contributed by atoms with Crippen molar-refractivity contribution in [3.8, 4) is 0 Å². The maximum absolute atomic E-state index is 12.8. The Morgan fingerprint density at radius 2 is 1.95 bits per heavy atom. The van der Waals surface area contributed by atoms with Crippen LogP contribution in [0.3, 0.4) is 0 Å². The highest BCUT2D eigenvalue weighted by molar-refractivity contribution is 7.21. The van der Waals surface area contributed by atoms with Crippen molar-refractivity contribution in [2.24, 2.45) is 0 Å². The quantitative estimate of drug-likeness (QED) is 0.815. The zero-order chi connectivity index (χ0) is 15.6. The van der Waals surface area contributed by atoms with Crippen molar-refractivity contribution < 1.29 is 14.3 Å². The van der Waals surface area contributed by atoms with Gasteiger partial charge in [0.25, 0.3) is 5.91 Å². The molecule has 0 atom stereocenters. The number of aryl methyl sites for hydroxylation is 1. The van der Waals surface area contributed by atoms with Gasteiger partial charge in [-0.1, -0.05) is 18.2 Å². The zero-order valence-corrected chi connectivity index (χ0v) is 13.5. The predicted octanol–water partition coefficient (Wildman–Crippen LogP) is 3.23. The topological polar surface area (TPSA) is 46.6 Å². The predicted molar refractivity (Wildman–Crippen MR) is 84.8 cm³/mol. The van der Waals surface area contributed by atoms with Gasteiger partial charge in [-0.3, -0.25) is 9.59 Å². The molecule has 1 amide bonds. The zero-order valence-electron chi connectivity index (χ0n) is 12.7. The second-order valence-electron chi connectivity index (χ2n) is 5.16. The maximum atomic E-state index is 12.8. The van der Waals surface area contributed by atoms with Crippen molar-refractivity contribution in [1.29, 1.82) is 0 Å². The number of carbonyl (C=O) groups excluding carboxylic acids is 2. The van der Waals surface area contributed by atoms with Gasteiger partial charge in [-0.25, -0.2) is 0 Å². The lowest BCUT2D eigenvalue weighted by molar-refractivity contribution is -0.141. The Hall–Kier alpha value is -1.88. The van der Waals surface area contributed by atoms with Crippen LogP contribution in [-0.4, -0.2) is 36.5 Å². The first kappa shape index (κ1) is 15.5. The van der Waals surface area contributed by atoms with Crippen LogP contribution in [0.25, 0.3) is 10.1 Å². The van der Waals surface area contributed by atoms with E-state index in [1.807, 2.05) is 45.0 Å². The molecular weight excluding hydrogens is 286 g/mol. The molecule has 0 N–H and O–H groups in total. The van der Waals surface area contributed by atoms with Gasteiger partial charge < -0.3 is 9.64 Å². The standard InChI is InChI=1S/C16H19NO3S/c1-10(2)17(9-14(18)20-4)16(19)15-11(3)12-7-5-6-8-13(12)21-15/h5-8,10H,9H2,1-4H3. The molecule has 0 saturated heterocycles. The summed E-state index contributed by atoms with van der Waals surface area (Å²) in [5.41, 5.74) is 0.969. The van der Waals surface area contributed by atoms with Gasteiger partial charge in [-0.2, -0.15) is 0 Å². The molecule has 0 spiro atoms. The van der Waals surface area contributed by atoms with Crippen LogP contribution in [-0.2, 0) is 9.53 Å². The van der Waals surface area contributed by atoms with Crippen molar-refractivity contribution in [2.45, 2.75) is 26.8 Å². The van der Waals surface area contributed by atoms with E-state index in [0.717, 1.165) is 15.6 Å². The first-order chi connectivity index (χ1) is 9.95. The number of rotatable bonds is 4. The number of fused-ring (bicyclic) bond motifs is 1. The summed E-state index contributed by atoms with van der Waals surface area (Å²) >= 11 is 1.47. The SMILES string of the molecule is COC(=O)CN(C(=O)c1sc2ccccc2c1C)C(C)C. The van der Waals surface area contributed by atoms with Gasteiger partial charge in [0.2, 0.25) is 0 Å². The molecule has 2 aromatic rings. The van der Waals surface area contributed by atoms with Crippen molar-refractivity contribution in [3.05, 3.63) is 34.7 Å². The molecule has 0 aliphatic carbocycles. The molecule has 21 heavy (non-hydrogen) atoms. The van der Waals surface area contributed by atoms with Crippen molar-refractivity contribution >= 4 is 33.3 Å². The number of hydrogen-bond donors (Lipinski definition) is 0. The second-order valence-corrected chi connectivity index (χ2v) is 6.21. The number of benzene rings is 1. The summed E-state index contributed by atoms with van der Waals surface area (Å²) < 4.78 is 5.76. The molecule has 4 nitrogen and oxygen atoms in total. The lowest BCUT2D eigenvalue weighted by Crippen LogP contribution is -2.41. The Morgan fingerprint density at radius 3 is 2.52 bits per heavy atom. The average molecular weight is 305 g/mol. The Bertz CT molecular complexity index is 675. The van der Waals surface area contributed by atoms with Crippen molar-refractivity contribution in [2.75, 3.05) is 13.7 Å². The molecule has 0 bridgehead atoms. The van der Waals surface area contributed by atoms with Crippen LogP contribution in [0, 0.1) is 6.92 Å². The minimum Gasteiger partial charge on any atom is -0.468 e. The summed E-state index contributed by atoms with van der Waals surface area (Å²) in [5, 5.41) is 1.09. The summed E-state index contributed by atoms with van der Waals surface area (Å²) in [5.74, 6) is -0.523. The van der Waals surface area contributed by atoms with E-state index in [1.54, 1.807) is 4.90 Å². The van der Waals surface area contributed by atoms with Gasteiger partial charge in [0.05, 0.1) is 12.0 Å². The molecule has 112 valence electrons. The summed E-state index contributed by atoms with van der Waals surface area (Å²) in [7, 11) is 1.33. The third-order valence-electron chi connectivity index (χ3n) is 3.45. The Labute approximate surface area is 128 Å². The van der Waals surface area contributed by atoms with E-state index < -0.39 is 5.97 Å². The molecule has 0 radical (unpaired) electrons. The van der Waals surface area contributed by atoms with Gasteiger partial charge in [-0.15, -0.1) is 11.3 Å². The molecule has 1 heterocycles. The highest BCUT2D eigenvalue weighted by Gasteiger charge is 2.25. The normalized spacial score (nSPS) is 10.9. The van der Waals surface area contributed by atoms with Crippen LogP contribution >= 0.6 is 11.3 Å². The van der Waals surface area contributed by atoms with Gasteiger partial charge in [-0.05, 0) is 37.8 Å². The van der Waals surface area contributed by atoms with Crippen LogP contribution in [0.15, 0.2) is 24.3 Å². The molecular formula is C16H19NO3S. The van der Waals surface area contributed by atoms with Crippen LogP contribution in [0.1, 0.15) is 29.1 Å². The summed E-state index contributed by atoms with van der Waals surface area (Å²) in [6.07, 6.45) is 0. The van der Waals surface area contributed by atoms with Crippen LogP contribution in [0.4, 0.5) is 0 Å². The molecule has 0 aliphatic rings. The fourth-order valence-corrected chi connectivity index (χ4v) is 3.37. The highest BCUT2D eigenvalue weighted by atomic mass is 32.1. The van der Waals surface area contributed by atoms with E-state index >= 15 is 0 Å². The van der Waals surface area contributed by atoms with Crippen molar-refractivity contribution in [1.82, 2.24) is 4.90 Å². The molecule has 5 heteroatoms. The molecule has 0 aliphatic heterocycles. The minimum atomic E-state index is -0.407. The first-order valence-electron chi connectivity index (χ1n) is 6.81. The van der Waals surface area contributed by atoms with Crippen molar-refractivity contribution in [3.63, 3.8) is 0 Å². The number of carbonyl (C=O) groups is 2. The Morgan fingerprint density at radius 1 is 1.29 bits per heavy atom. The number of hydrogen-bond acceptors (Lipinski definition) is 4. The number of nitrogens with zero attached hydrogens (tertiary/aromatic N) is 1. The third-order valence-corrected chi connectivity index (χ3v) is 4.71. The second kappa shape index (κ2) is 6.26. The molecule has 0 fully saturated rings. The maximum Gasteiger partial charge on any atom is 0.325 e. The fourth-order valence-electron chi connectivity index (χ4n) is 2.20. The summed E-state index contributed by atoms with van der Waals surface area (Å²) in [4.78, 5) is 26.5. The van der Waals surface area contributed by atoms with Gasteiger partial charge in [0, 0.05) is 10.7 Å². The average Bonchev–Trinajstić information content (AvgIpc) is 2.81. The van der Waals surface area contributed by atoms with E-state index in [2.05, 4.69) is 4.74 Å². The summed E-state index contributed by atoms with van der Waals surface area (Å²) in [6.45, 7) is 5.70.